The van der Waals surface area contributed by atoms with Gasteiger partial charge in [0.2, 0.25) is 5.91 Å². The average Bonchev–Trinajstić information content (AvgIpc) is 2.87. The summed E-state index contributed by atoms with van der Waals surface area (Å²) in [5.74, 6) is -2.62. The molecule has 0 saturated heterocycles. The third kappa shape index (κ3) is 3.40. The van der Waals surface area contributed by atoms with Gasteiger partial charge in [-0.1, -0.05) is 19.4 Å². The van der Waals surface area contributed by atoms with Crippen LogP contribution in [0.15, 0.2) is 18.2 Å². The minimum atomic E-state index is -0.929. The molecule has 1 aromatic carbocycles. The molecule has 1 amide bonds. The summed E-state index contributed by atoms with van der Waals surface area (Å²) in [4.78, 5) is 23.7. The number of nitrogens with one attached hydrogen (secondary N) is 1. The zero-order chi connectivity index (χ0) is 15.6. The molecule has 0 radical (unpaired) electrons. The van der Waals surface area contributed by atoms with Crippen LogP contribution in [0.5, 0.6) is 0 Å². The molecule has 0 aliphatic heterocycles. The van der Waals surface area contributed by atoms with Gasteiger partial charge in [0.15, 0.2) is 0 Å². The summed E-state index contributed by atoms with van der Waals surface area (Å²) >= 11 is 0. The normalized spacial score (nSPS) is 24.8. The predicted molar refractivity (Wildman–Crippen MR) is 77.4 cm³/mol. The highest BCUT2D eigenvalue weighted by Crippen LogP contribution is 2.39. The van der Waals surface area contributed by atoms with Gasteiger partial charge in [-0.3, -0.25) is 9.59 Å². The van der Waals surface area contributed by atoms with Gasteiger partial charge in [-0.05, 0) is 43.4 Å². The molecular formula is C16H20FNO3. The lowest BCUT2D eigenvalue weighted by Gasteiger charge is -2.16. The van der Waals surface area contributed by atoms with Gasteiger partial charge in [0.05, 0.1) is 11.8 Å². The number of carbonyl (C=O) groups is 2. The highest BCUT2D eigenvalue weighted by molar-refractivity contribution is 5.96. The smallest absolute Gasteiger partial charge is 0.307 e. The van der Waals surface area contributed by atoms with E-state index in [1.165, 1.54) is 12.1 Å². The van der Waals surface area contributed by atoms with Gasteiger partial charge in [-0.25, -0.2) is 4.39 Å². The number of aliphatic carboxylic acids is 1. The van der Waals surface area contributed by atoms with Crippen LogP contribution in [-0.2, 0) is 9.59 Å². The van der Waals surface area contributed by atoms with Crippen molar-refractivity contribution < 1.29 is 19.1 Å². The highest BCUT2D eigenvalue weighted by Gasteiger charge is 2.42. The fraction of sp³-hybridized carbons (Fsp3) is 0.500. The average molecular weight is 293 g/mol. The minimum absolute atomic E-state index is 0.260. The van der Waals surface area contributed by atoms with Crippen molar-refractivity contribution in [2.75, 3.05) is 5.32 Å². The van der Waals surface area contributed by atoms with Crippen LogP contribution >= 0.6 is 0 Å². The van der Waals surface area contributed by atoms with E-state index in [0.29, 0.717) is 18.5 Å². The Morgan fingerprint density at radius 1 is 1.33 bits per heavy atom. The number of halogens is 1. The van der Waals surface area contributed by atoms with E-state index in [-0.39, 0.29) is 11.8 Å². The summed E-state index contributed by atoms with van der Waals surface area (Å²) in [5.41, 5.74) is 1.16. The van der Waals surface area contributed by atoms with Crippen LogP contribution in [0.25, 0.3) is 0 Å². The van der Waals surface area contributed by atoms with Crippen molar-refractivity contribution in [2.45, 2.75) is 33.1 Å². The monoisotopic (exact) mass is 293 g/mol. The van der Waals surface area contributed by atoms with E-state index in [2.05, 4.69) is 5.32 Å². The third-order valence-corrected chi connectivity index (χ3v) is 4.35. The molecule has 1 aromatic rings. The Bertz CT molecular complexity index is 558. The first-order chi connectivity index (χ1) is 9.92. The van der Waals surface area contributed by atoms with E-state index in [9.17, 15) is 19.1 Å². The first kappa shape index (κ1) is 15.5. The molecule has 3 atom stereocenters. The SMILES string of the molecule is CCC1CC(C(=O)O)C(C(=O)Nc2cc(F)ccc2C)C1. The van der Waals surface area contributed by atoms with E-state index < -0.39 is 23.6 Å². The summed E-state index contributed by atoms with van der Waals surface area (Å²) in [6.07, 6.45) is 1.98. The molecule has 0 aromatic heterocycles. The summed E-state index contributed by atoms with van der Waals surface area (Å²) in [6, 6.07) is 4.17. The first-order valence-electron chi connectivity index (χ1n) is 7.22. The summed E-state index contributed by atoms with van der Waals surface area (Å²) in [7, 11) is 0. The summed E-state index contributed by atoms with van der Waals surface area (Å²) in [6.45, 7) is 3.77. The predicted octanol–water partition coefficient (Wildman–Crippen LogP) is 3.21. The number of carbonyl (C=O) groups excluding carboxylic acids is 1. The summed E-state index contributed by atoms with van der Waals surface area (Å²) in [5, 5.41) is 12.0. The molecule has 0 heterocycles. The molecule has 1 saturated carbocycles. The van der Waals surface area contributed by atoms with E-state index in [1.54, 1.807) is 13.0 Å². The largest absolute Gasteiger partial charge is 0.481 e. The number of aryl methyl sites for hydroxylation is 1. The molecule has 114 valence electrons. The molecular weight excluding hydrogens is 273 g/mol. The maximum absolute atomic E-state index is 13.3. The Balaban J connectivity index is 2.15. The minimum Gasteiger partial charge on any atom is -0.481 e. The van der Waals surface area contributed by atoms with Crippen LogP contribution in [0.4, 0.5) is 10.1 Å². The van der Waals surface area contributed by atoms with Gasteiger partial charge in [0.25, 0.3) is 0 Å². The Kier molecular flexibility index (Phi) is 4.60. The molecule has 1 aliphatic carbocycles. The van der Waals surface area contributed by atoms with Crippen LogP contribution in [0, 0.1) is 30.5 Å². The lowest BCUT2D eigenvalue weighted by molar-refractivity contribution is -0.145. The lowest BCUT2D eigenvalue weighted by atomic mass is 9.95. The molecule has 5 heteroatoms. The second kappa shape index (κ2) is 6.24. The number of anilines is 1. The second-order valence-corrected chi connectivity index (χ2v) is 5.75. The van der Waals surface area contributed by atoms with Crippen molar-refractivity contribution >= 4 is 17.6 Å². The van der Waals surface area contributed by atoms with Gasteiger partial charge < -0.3 is 10.4 Å². The van der Waals surface area contributed by atoms with Crippen molar-refractivity contribution in [3.63, 3.8) is 0 Å². The van der Waals surface area contributed by atoms with Crippen molar-refractivity contribution in [2.24, 2.45) is 17.8 Å². The van der Waals surface area contributed by atoms with Crippen molar-refractivity contribution in [3.8, 4) is 0 Å². The maximum Gasteiger partial charge on any atom is 0.307 e. The Morgan fingerprint density at radius 2 is 2.00 bits per heavy atom. The van der Waals surface area contributed by atoms with Crippen LogP contribution < -0.4 is 5.32 Å². The van der Waals surface area contributed by atoms with E-state index in [0.717, 1.165) is 12.0 Å². The zero-order valence-corrected chi connectivity index (χ0v) is 12.2. The van der Waals surface area contributed by atoms with Gasteiger partial charge in [0, 0.05) is 5.69 Å². The van der Waals surface area contributed by atoms with Crippen LogP contribution in [-0.4, -0.2) is 17.0 Å². The molecule has 1 aliphatic rings. The Morgan fingerprint density at radius 3 is 2.62 bits per heavy atom. The first-order valence-corrected chi connectivity index (χ1v) is 7.22. The number of hydrogen-bond donors (Lipinski definition) is 2. The fourth-order valence-electron chi connectivity index (χ4n) is 2.99. The summed E-state index contributed by atoms with van der Waals surface area (Å²) < 4.78 is 13.3. The zero-order valence-electron chi connectivity index (χ0n) is 12.2. The lowest BCUT2D eigenvalue weighted by Crippen LogP contribution is -2.30. The molecule has 2 N–H and O–H groups in total. The number of hydrogen-bond acceptors (Lipinski definition) is 2. The molecule has 0 bridgehead atoms. The van der Waals surface area contributed by atoms with Gasteiger partial charge in [0.1, 0.15) is 5.82 Å². The van der Waals surface area contributed by atoms with E-state index in [1.807, 2.05) is 6.92 Å². The Hall–Kier alpha value is -1.91. The number of carboxylic acids is 1. The number of carboxylic acid groups (broad SMARTS) is 1. The quantitative estimate of drug-likeness (QED) is 0.895. The molecule has 3 unspecified atom stereocenters. The van der Waals surface area contributed by atoms with Crippen molar-refractivity contribution in [3.05, 3.63) is 29.6 Å². The van der Waals surface area contributed by atoms with E-state index in [4.69, 9.17) is 0 Å². The van der Waals surface area contributed by atoms with Crippen molar-refractivity contribution in [1.29, 1.82) is 0 Å². The fourth-order valence-corrected chi connectivity index (χ4v) is 2.99. The van der Waals surface area contributed by atoms with Crippen LogP contribution in [0.2, 0.25) is 0 Å². The third-order valence-electron chi connectivity index (χ3n) is 4.35. The maximum atomic E-state index is 13.3. The topological polar surface area (TPSA) is 66.4 Å². The molecule has 21 heavy (non-hydrogen) atoms. The molecule has 4 nitrogen and oxygen atoms in total. The number of benzene rings is 1. The number of amides is 1. The van der Waals surface area contributed by atoms with Crippen LogP contribution in [0.3, 0.4) is 0 Å². The molecule has 0 spiro atoms. The van der Waals surface area contributed by atoms with E-state index >= 15 is 0 Å². The number of rotatable bonds is 4. The standard InChI is InChI=1S/C16H20FNO3/c1-3-10-6-12(13(7-10)16(20)21)15(19)18-14-8-11(17)5-4-9(14)2/h4-5,8,10,12-13H,3,6-7H2,1-2H3,(H,18,19)(H,20,21). The van der Waals surface area contributed by atoms with Gasteiger partial charge in [-0.2, -0.15) is 0 Å². The molecule has 1 fully saturated rings. The van der Waals surface area contributed by atoms with Gasteiger partial charge >= 0.3 is 5.97 Å². The van der Waals surface area contributed by atoms with Gasteiger partial charge in [-0.15, -0.1) is 0 Å². The molecule has 2 rings (SSSR count). The highest BCUT2D eigenvalue weighted by atomic mass is 19.1. The Labute approximate surface area is 123 Å². The second-order valence-electron chi connectivity index (χ2n) is 5.75. The van der Waals surface area contributed by atoms with Crippen molar-refractivity contribution in [1.82, 2.24) is 0 Å². The van der Waals surface area contributed by atoms with Crippen LogP contribution in [0.1, 0.15) is 31.7 Å².